The number of benzene rings is 1. The molecule has 1 aliphatic carbocycles. The summed E-state index contributed by atoms with van der Waals surface area (Å²) < 4.78 is 0. The zero-order valence-electron chi connectivity index (χ0n) is 18.9. The number of nitrogens with zero attached hydrogens (tertiary/aromatic N) is 1. The molecule has 1 saturated heterocycles. The van der Waals surface area contributed by atoms with Gasteiger partial charge < -0.3 is 10.6 Å². The highest BCUT2D eigenvalue weighted by Gasteiger charge is 2.52. The van der Waals surface area contributed by atoms with Gasteiger partial charge >= 0.3 is 6.03 Å². The average Bonchev–Trinajstić information content (AvgIpc) is 2.92. The van der Waals surface area contributed by atoms with Crippen molar-refractivity contribution in [1.29, 1.82) is 0 Å². The number of hydrogen-bond acceptors (Lipinski definition) is 3. The van der Waals surface area contributed by atoms with Crippen LogP contribution in [0.2, 0.25) is 0 Å². The molecule has 1 atom stereocenters. The molecule has 30 heavy (non-hydrogen) atoms. The summed E-state index contributed by atoms with van der Waals surface area (Å²) >= 11 is 0. The van der Waals surface area contributed by atoms with Gasteiger partial charge in [-0.25, -0.2) is 4.79 Å². The molecule has 1 saturated carbocycles. The van der Waals surface area contributed by atoms with Crippen molar-refractivity contribution in [2.45, 2.75) is 84.1 Å². The van der Waals surface area contributed by atoms with Crippen molar-refractivity contribution < 1.29 is 14.4 Å². The molecule has 1 heterocycles. The monoisotopic (exact) mass is 413 g/mol. The van der Waals surface area contributed by atoms with Gasteiger partial charge in [0.1, 0.15) is 12.1 Å². The van der Waals surface area contributed by atoms with Gasteiger partial charge in [-0.05, 0) is 48.6 Å². The molecular weight excluding hydrogens is 378 g/mol. The third kappa shape index (κ3) is 4.23. The molecular formula is C24H35N3O3. The number of imide groups is 1. The van der Waals surface area contributed by atoms with E-state index in [0.717, 1.165) is 47.4 Å². The fraction of sp³-hybridized carbons (Fsp3) is 0.625. The van der Waals surface area contributed by atoms with Crippen LogP contribution in [-0.4, -0.2) is 34.8 Å². The minimum atomic E-state index is -0.906. The highest BCUT2D eigenvalue weighted by molar-refractivity contribution is 6.10. The Kier molecular flexibility index (Phi) is 6.53. The number of carbonyl (C=O) groups excluding carboxylic acids is 3. The van der Waals surface area contributed by atoms with E-state index in [4.69, 9.17) is 0 Å². The summed E-state index contributed by atoms with van der Waals surface area (Å²) in [5.41, 5.74) is 2.00. The summed E-state index contributed by atoms with van der Waals surface area (Å²) in [6.07, 6.45) is 5.19. The Morgan fingerprint density at radius 3 is 2.20 bits per heavy atom. The number of rotatable bonds is 6. The maximum absolute atomic E-state index is 13.1. The summed E-state index contributed by atoms with van der Waals surface area (Å²) in [6, 6.07) is 5.57. The van der Waals surface area contributed by atoms with Crippen LogP contribution >= 0.6 is 0 Å². The van der Waals surface area contributed by atoms with Gasteiger partial charge in [0.05, 0.1) is 0 Å². The lowest BCUT2D eigenvalue weighted by Gasteiger charge is -2.34. The first-order chi connectivity index (χ1) is 14.1. The van der Waals surface area contributed by atoms with Gasteiger partial charge in [0.2, 0.25) is 5.91 Å². The average molecular weight is 414 g/mol. The van der Waals surface area contributed by atoms with Crippen LogP contribution in [0.3, 0.4) is 0 Å². The van der Waals surface area contributed by atoms with Gasteiger partial charge in [0.15, 0.2) is 0 Å². The smallest absolute Gasteiger partial charge is 0.324 e. The van der Waals surface area contributed by atoms with E-state index in [-0.39, 0.29) is 36.1 Å². The first-order valence-electron chi connectivity index (χ1n) is 11.2. The second-order valence-corrected chi connectivity index (χ2v) is 9.53. The van der Waals surface area contributed by atoms with Crippen LogP contribution in [-0.2, 0) is 9.59 Å². The Balaban J connectivity index is 1.77. The van der Waals surface area contributed by atoms with Crippen LogP contribution in [0.25, 0.3) is 0 Å². The molecule has 1 aliphatic heterocycles. The Morgan fingerprint density at radius 1 is 1.10 bits per heavy atom. The molecule has 164 valence electrons. The summed E-state index contributed by atoms with van der Waals surface area (Å²) in [5, 5.41) is 5.89. The lowest BCUT2D eigenvalue weighted by atomic mass is 9.75. The molecule has 0 aromatic heterocycles. The zero-order chi connectivity index (χ0) is 22.1. The number of anilines is 1. The van der Waals surface area contributed by atoms with E-state index < -0.39 is 11.6 Å². The molecule has 4 amide bonds. The van der Waals surface area contributed by atoms with Gasteiger partial charge in [-0.2, -0.15) is 0 Å². The van der Waals surface area contributed by atoms with Crippen molar-refractivity contribution in [3.63, 3.8) is 0 Å². The number of nitrogens with one attached hydrogen (secondary N) is 2. The van der Waals surface area contributed by atoms with Crippen molar-refractivity contribution >= 4 is 23.5 Å². The highest BCUT2D eigenvalue weighted by atomic mass is 16.2. The summed E-state index contributed by atoms with van der Waals surface area (Å²) in [5.74, 6) is -0.0160. The third-order valence-electron chi connectivity index (χ3n) is 6.66. The van der Waals surface area contributed by atoms with E-state index in [1.807, 2.05) is 25.1 Å². The number of carbonyl (C=O) groups is 3. The molecule has 2 N–H and O–H groups in total. The Bertz CT molecular complexity index is 801. The lowest BCUT2D eigenvalue weighted by Crippen LogP contribution is -2.51. The van der Waals surface area contributed by atoms with Crippen LogP contribution < -0.4 is 10.6 Å². The normalized spacial score (nSPS) is 22.7. The number of para-hydroxylation sites is 1. The number of amides is 4. The summed E-state index contributed by atoms with van der Waals surface area (Å²) in [4.78, 5) is 39.7. The largest absolute Gasteiger partial charge is 0.325 e. The SMILES string of the molecule is CC(C)c1cccc(C(C)C)c1NC(=O)CN1C(=O)N[C@@](C)(C2CCCCC2)C1=O. The van der Waals surface area contributed by atoms with E-state index in [0.29, 0.717) is 0 Å². The lowest BCUT2D eigenvalue weighted by molar-refractivity contribution is -0.135. The van der Waals surface area contributed by atoms with Crippen molar-refractivity contribution in [2.75, 3.05) is 11.9 Å². The van der Waals surface area contributed by atoms with Crippen LogP contribution in [0, 0.1) is 5.92 Å². The van der Waals surface area contributed by atoms with Gasteiger partial charge in [-0.3, -0.25) is 14.5 Å². The maximum Gasteiger partial charge on any atom is 0.325 e. The van der Waals surface area contributed by atoms with Crippen LogP contribution in [0.5, 0.6) is 0 Å². The van der Waals surface area contributed by atoms with E-state index in [1.54, 1.807) is 0 Å². The standard InChI is InChI=1S/C24H35N3O3/c1-15(2)18-12-9-13-19(16(3)4)21(18)25-20(28)14-27-22(29)24(5,26-23(27)30)17-10-7-6-8-11-17/h9,12-13,15-17H,6-8,10-11,14H2,1-5H3,(H,25,28)(H,26,30)/t24-/m0/s1. The van der Waals surface area contributed by atoms with Gasteiger partial charge in [0, 0.05) is 5.69 Å². The minimum absolute atomic E-state index is 0.130. The molecule has 0 spiro atoms. The Hall–Kier alpha value is -2.37. The van der Waals surface area contributed by atoms with E-state index in [9.17, 15) is 14.4 Å². The predicted octanol–water partition coefficient (Wildman–Crippen LogP) is 4.76. The fourth-order valence-electron chi connectivity index (χ4n) is 4.83. The quantitative estimate of drug-likeness (QED) is 0.660. The second kappa shape index (κ2) is 8.78. The molecule has 2 fully saturated rings. The molecule has 1 aromatic rings. The molecule has 1 aromatic carbocycles. The van der Waals surface area contributed by atoms with Gasteiger partial charge in [0.25, 0.3) is 5.91 Å². The molecule has 6 nitrogen and oxygen atoms in total. The van der Waals surface area contributed by atoms with Crippen LogP contribution in [0.1, 0.15) is 89.7 Å². The zero-order valence-corrected chi connectivity index (χ0v) is 18.9. The number of urea groups is 1. The van der Waals surface area contributed by atoms with Gasteiger partial charge in [-0.1, -0.05) is 65.2 Å². The Labute approximate surface area is 179 Å². The highest BCUT2D eigenvalue weighted by Crippen LogP contribution is 2.37. The Morgan fingerprint density at radius 2 is 1.67 bits per heavy atom. The van der Waals surface area contributed by atoms with E-state index in [1.165, 1.54) is 6.42 Å². The second-order valence-electron chi connectivity index (χ2n) is 9.53. The molecule has 3 rings (SSSR count). The van der Waals surface area contributed by atoms with Crippen LogP contribution in [0.15, 0.2) is 18.2 Å². The molecule has 0 radical (unpaired) electrons. The molecule has 6 heteroatoms. The first kappa shape index (κ1) is 22.3. The summed E-state index contributed by atoms with van der Waals surface area (Å²) in [6.45, 7) is 9.89. The molecule has 0 bridgehead atoms. The molecule has 2 aliphatic rings. The van der Waals surface area contributed by atoms with Crippen LogP contribution in [0.4, 0.5) is 10.5 Å². The van der Waals surface area contributed by atoms with Crippen molar-refractivity contribution in [3.05, 3.63) is 29.3 Å². The third-order valence-corrected chi connectivity index (χ3v) is 6.66. The molecule has 0 unspecified atom stereocenters. The topological polar surface area (TPSA) is 78.5 Å². The van der Waals surface area contributed by atoms with Crippen molar-refractivity contribution in [3.8, 4) is 0 Å². The first-order valence-corrected chi connectivity index (χ1v) is 11.2. The van der Waals surface area contributed by atoms with Gasteiger partial charge in [-0.15, -0.1) is 0 Å². The predicted molar refractivity (Wildman–Crippen MR) is 118 cm³/mol. The van der Waals surface area contributed by atoms with E-state index >= 15 is 0 Å². The van der Waals surface area contributed by atoms with Crippen molar-refractivity contribution in [1.82, 2.24) is 10.2 Å². The number of hydrogen-bond donors (Lipinski definition) is 2. The van der Waals surface area contributed by atoms with E-state index in [2.05, 4.69) is 38.3 Å². The minimum Gasteiger partial charge on any atom is -0.324 e. The fourth-order valence-corrected chi connectivity index (χ4v) is 4.83. The van der Waals surface area contributed by atoms with Crippen molar-refractivity contribution in [2.24, 2.45) is 5.92 Å². The maximum atomic E-state index is 13.1. The summed E-state index contributed by atoms with van der Waals surface area (Å²) in [7, 11) is 0.